The number of H-pyrrole nitrogens is 1. The molecule has 0 amide bonds. The lowest BCUT2D eigenvalue weighted by atomic mass is 10.2. The van der Waals surface area contributed by atoms with Crippen molar-refractivity contribution in [3.05, 3.63) is 42.6 Å². The van der Waals surface area contributed by atoms with E-state index in [2.05, 4.69) is 25.5 Å². The van der Waals surface area contributed by atoms with E-state index in [-0.39, 0.29) is 5.82 Å². The van der Waals surface area contributed by atoms with Crippen LogP contribution >= 0.6 is 0 Å². The van der Waals surface area contributed by atoms with Gasteiger partial charge in [-0.25, -0.2) is 14.4 Å². The number of halogens is 1. The van der Waals surface area contributed by atoms with Crippen LogP contribution in [0.2, 0.25) is 0 Å². The van der Waals surface area contributed by atoms with Crippen molar-refractivity contribution < 1.29 is 4.39 Å². The summed E-state index contributed by atoms with van der Waals surface area (Å²) >= 11 is 0. The van der Waals surface area contributed by atoms with Crippen LogP contribution in [0.4, 0.5) is 16.0 Å². The predicted molar refractivity (Wildman–Crippen MR) is 61.4 cm³/mol. The van der Waals surface area contributed by atoms with Crippen LogP contribution in [0.1, 0.15) is 0 Å². The maximum Gasteiger partial charge on any atom is 0.142 e. The van der Waals surface area contributed by atoms with Crippen molar-refractivity contribution in [3.63, 3.8) is 0 Å². The molecule has 3 rings (SSSR count). The fourth-order valence-corrected chi connectivity index (χ4v) is 1.58. The summed E-state index contributed by atoms with van der Waals surface area (Å²) in [4.78, 5) is 8.15. The summed E-state index contributed by atoms with van der Waals surface area (Å²) < 4.78 is 13.2. The topological polar surface area (TPSA) is 66.5 Å². The Labute approximate surface area is 95.7 Å². The van der Waals surface area contributed by atoms with Crippen LogP contribution in [-0.4, -0.2) is 20.2 Å². The number of anilines is 2. The number of hydrogen-bond acceptors (Lipinski definition) is 4. The molecule has 2 aromatic heterocycles. The Kier molecular flexibility index (Phi) is 2.18. The molecule has 0 atom stereocenters. The molecule has 2 N–H and O–H groups in total. The van der Waals surface area contributed by atoms with Crippen molar-refractivity contribution in [2.24, 2.45) is 0 Å². The normalized spacial score (nSPS) is 10.6. The third kappa shape index (κ3) is 1.80. The van der Waals surface area contributed by atoms with E-state index < -0.39 is 0 Å². The van der Waals surface area contributed by atoms with Crippen LogP contribution in [0.5, 0.6) is 0 Å². The van der Waals surface area contributed by atoms with E-state index >= 15 is 0 Å². The van der Waals surface area contributed by atoms with Crippen molar-refractivity contribution >= 4 is 22.5 Å². The van der Waals surface area contributed by atoms with E-state index in [0.717, 1.165) is 0 Å². The Bertz CT molecular complexity index is 650. The second-order valence-corrected chi connectivity index (χ2v) is 3.48. The van der Waals surface area contributed by atoms with Gasteiger partial charge in [0.2, 0.25) is 0 Å². The summed E-state index contributed by atoms with van der Waals surface area (Å²) in [6.45, 7) is 0. The van der Waals surface area contributed by atoms with Crippen LogP contribution < -0.4 is 5.32 Å². The highest BCUT2D eigenvalue weighted by Gasteiger charge is 2.05. The number of benzene rings is 1. The first kappa shape index (κ1) is 9.71. The summed E-state index contributed by atoms with van der Waals surface area (Å²) in [7, 11) is 0. The zero-order valence-corrected chi connectivity index (χ0v) is 8.68. The van der Waals surface area contributed by atoms with Crippen LogP contribution in [-0.2, 0) is 0 Å². The molecular formula is C11H8FN5. The highest BCUT2D eigenvalue weighted by Crippen LogP contribution is 2.22. The molecule has 0 aliphatic carbocycles. The van der Waals surface area contributed by atoms with Crippen LogP contribution in [0.25, 0.3) is 10.9 Å². The van der Waals surface area contributed by atoms with Gasteiger partial charge in [0.25, 0.3) is 0 Å². The molecule has 0 fully saturated rings. The predicted octanol–water partition coefficient (Wildman–Crippen LogP) is 2.24. The number of fused-ring (bicyclic) bond motifs is 1. The quantitative estimate of drug-likeness (QED) is 0.707. The third-order valence-electron chi connectivity index (χ3n) is 2.35. The molecular weight excluding hydrogens is 221 g/mol. The van der Waals surface area contributed by atoms with Gasteiger partial charge < -0.3 is 5.32 Å². The minimum Gasteiger partial charge on any atom is -0.325 e. The van der Waals surface area contributed by atoms with E-state index in [9.17, 15) is 4.39 Å². The molecule has 0 spiro atoms. The number of hydrogen-bond donors (Lipinski definition) is 2. The summed E-state index contributed by atoms with van der Waals surface area (Å²) in [6, 6.07) is 6.14. The smallest absolute Gasteiger partial charge is 0.142 e. The van der Waals surface area contributed by atoms with Crippen molar-refractivity contribution in [2.45, 2.75) is 0 Å². The number of rotatable bonds is 2. The maximum absolute atomic E-state index is 13.2. The zero-order chi connectivity index (χ0) is 11.7. The van der Waals surface area contributed by atoms with Gasteiger partial charge in [0, 0.05) is 11.5 Å². The first-order valence-electron chi connectivity index (χ1n) is 4.99. The highest BCUT2D eigenvalue weighted by atomic mass is 19.1. The van der Waals surface area contributed by atoms with Crippen LogP contribution in [0, 0.1) is 5.82 Å². The number of aromatic nitrogens is 4. The Morgan fingerprint density at radius 3 is 2.94 bits per heavy atom. The van der Waals surface area contributed by atoms with E-state index in [1.54, 1.807) is 18.3 Å². The van der Waals surface area contributed by atoms with Crippen LogP contribution in [0.3, 0.4) is 0 Å². The molecule has 5 nitrogen and oxygen atoms in total. The highest BCUT2D eigenvalue weighted by molar-refractivity contribution is 5.90. The van der Waals surface area contributed by atoms with Gasteiger partial charge in [-0.05, 0) is 18.2 Å². The van der Waals surface area contributed by atoms with E-state index in [1.165, 1.54) is 18.5 Å². The molecule has 3 aromatic rings. The standard InChI is InChI=1S/C11H8FN5/c12-7-1-2-9-8(5-7)11(14-6-13-9)16-10-3-4-15-17-10/h1-6H,(H2,13,14,15,16,17). The molecule has 0 saturated heterocycles. The molecule has 2 heterocycles. The molecule has 0 unspecified atom stereocenters. The van der Waals surface area contributed by atoms with Crippen LogP contribution in [0.15, 0.2) is 36.8 Å². The second-order valence-electron chi connectivity index (χ2n) is 3.48. The Morgan fingerprint density at radius 1 is 1.18 bits per heavy atom. The molecule has 84 valence electrons. The number of nitrogens with one attached hydrogen (secondary N) is 2. The van der Waals surface area contributed by atoms with Gasteiger partial charge in [-0.3, -0.25) is 5.10 Å². The fraction of sp³-hybridized carbons (Fsp3) is 0. The van der Waals surface area contributed by atoms with Gasteiger partial charge in [0.05, 0.1) is 11.7 Å². The number of aromatic amines is 1. The first-order chi connectivity index (χ1) is 8.33. The molecule has 6 heteroatoms. The van der Waals surface area contributed by atoms with E-state index in [0.29, 0.717) is 22.5 Å². The Hall–Kier alpha value is -2.50. The molecule has 0 radical (unpaired) electrons. The summed E-state index contributed by atoms with van der Waals surface area (Å²) in [6.07, 6.45) is 3.05. The molecule has 0 aliphatic heterocycles. The largest absolute Gasteiger partial charge is 0.325 e. The van der Waals surface area contributed by atoms with Gasteiger partial charge >= 0.3 is 0 Å². The lowest BCUT2D eigenvalue weighted by Crippen LogP contribution is -1.96. The molecule has 0 saturated carbocycles. The van der Waals surface area contributed by atoms with Gasteiger partial charge in [0.1, 0.15) is 23.8 Å². The van der Waals surface area contributed by atoms with Gasteiger partial charge in [-0.1, -0.05) is 0 Å². The van der Waals surface area contributed by atoms with Crippen molar-refractivity contribution in [2.75, 3.05) is 5.32 Å². The Morgan fingerprint density at radius 2 is 2.12 bits per heavy atom. The lowest BCUT2D eigenvalue weighted by Gasteiger charge is -2.05. The van der Waals surface area contributed by atoms with E-state index in [4.69, 9.17) is 0 Å². The summed E-state index contributed by atoms with van der Waals surface area (Å²) in [5, 5.41) is 10.2. The molecule has 0 aliphatic rings. The third-order valence-corrected chi connectivity index (χ3v) is 2.35. The van der Waals surface area contributed by atoms with Gasteiger partial charge in [-0.15, -0.1) is 0 Å². The average Bonchev–Trinajstić information content (AvgIpc) is 2.83. The average molecular weight is 229 g/mol. The Balaban J connectivity index is 2.12. The molecule has 17 heavy (non-hydrogen) atoms. The summed E-state index contributed by atoms with van der Waals surface area (Å²) in [5.74, 6) is 0.910. The summed E-state index contributed by atoms with van der Waals surface area (Å²) in [5.41, 5.74) is 0.684. The second kappa shape index (κ2) is 3.82. The molecule has 1 aromatic carbocycles. The van der Waals surface area contributed by atoms with E-state index in [1.807, 2.05) is 0 Å². The monoisotopic (exact) mass is 229 g/mol. The van der Waals surface area contributed by atoms with Crippen molar-refractivity contribution in [3.8, 4) is 0 Å². The maximum atomic E-state index is 13.2. The minimum absolute atomic E-state index is 0.319. The van der Waals surface area contributed by atoms with Gasteiger partial charge in [0.15, 0.2) is 0 Å². The minimum atomic E-state index is -0.319. The van der Waals surface area contributed by atoms with Crippen molar-refractivity contribution in [1.29, 1.82) is 0 Å². The fourth-order valence-electron chi connectivity index (χ4n) is 1.58. The molecule has 0 bridgehead atoms. The first-order valence-corrected chi connectivity index (χ1v) is 4.99. The number of nitrogens with zero attached hydrogens (tertiary/aromatic N) is 3. The lowest BCUT2D eigenvalue weighted by molar-refractivity contribution is 0.629. The zero-order valence-electron chi connectivity index (χ0n) is 8.68. The van der Waals surface area contributed by atoms with Crippen molar-refractivity contribution in [1.82, 2.24) is 20.2 Å². The van der Waals surface area contributed by atoms with Gasteiger partial charge in [-0.2, -0.15) is 5.10 Å². The SMILES string of the molecule is Fc1ccc2ncnc(Nc3ccn[nH]3)c2c1.